The highest BCUT2D eigenvalue weighted by atomic mass is 32.1. The number of piperazine rings is 1. The Kier molecular flexibility index (Phi) is 8.85. The predicted octanol–water partition coefficient (Wildman–Crippen LogP) is 6.31. The third-order valence-corrected chi connectivity index (χ3v) is 8.81. The molecule has 3 heterocycles. The largest absolute Gasteiger partial charge is 0.336 e. The average Bonchev–Trinajstić information content (AvgIpc) is 3.38. The average molecular weight is 569 g/mol. The first-order valence-corrected chi connectivity index (χ1v) is 15.6. The number of aromatic nitrogens is 2. The van der Waals surface area contributed by atoms with E-state index >= 15 is 0 Å². The molecule has 1 aliphatic heterocycles. The minimum Gasteiger partial charge on any atom is -0.336 e. The second kappa shape index (κ2) is 12.5. The van der Waals surface area contributed by atoms with Gasteiger partial charge in [0.05, 0.1) is 22.5 Å². The fourth-order valence-corrected chi connectivity index (χ4v) is 6.68. The van der Waals surface area contributed by atoms with Crippen molar-refractivity contribution in [1.82, 2.24) is 19.8 Å². The number of benzene rings is 2. The number of hydrogen-bond acceptors (Lipinski definition) is 5. The van der Waals surface area contributed by atoms with Crippen molar-refractivity contribution in [2.24, 2.45) is 5.92 Å². The van der Waals surface area contributed by atoms with Crippen LogP contribution in [-0.2, 0) is 19.3 Å². The first kappa shape index (κ1) is 29.0. The molecule has 1 N–H and O–H groups in total. The van der Waals surface area contributed by atoms with E-state index in [1.807, 2.05) is 52.8 Å². The standard InChI is InChI=1S/C34H40N4O2S/c1-6-24-14-11-15-25(7-2)31(24)38-29(20-22(3)4)27(33(39)37-18-16-35-17-19-37)21-28(34(38)40)32-36-30(23(5)41-32)26-12-9-8-10-13-26/h8-15,21-22,35H,6-7,16-20H2,1-5H3. The summed E-state index contributed by atoms with van der Waals surface area (Å²) in [6.07, 6.45) is 2.20. The fourth-order valence-electron chi connectivity index (χ4n) is 5.73. The molecule has 7 heteroatoms. The molecule has 2 aromatic heterocycles. The van der Waals surface area contributed by atoms with Crippen molar-refractivity contribution in [3.63, 3.8) is 0 Å². The summed E-state index contributed by atoms with van der Waals surface area (Å²) in [5.74, 6) is 0.243. The highest BCUT2D eigenvalue weighted by molar-refractivity contribution is 7.15. The monoisotopic (exact) mass is 568 g/mol. The van der Waals surface area contributed by atoms with Gasteiger partial charge in [-0.15, -0.1) is 11.3 Å². The molecule has 1 saturated heterocycles. The van der Waals surface area contributed by atoms with E-state index in [2.05, 4.69) is 51.2 Å². The van der Waals surface area contributed by atoms with Crippen LogP contribution < -0.4 is 10.9 Å². The quantitative estimate of drug-likeness (QED) is 0.271. The lowest BCUT2D eigenvalue weighted by atomic mass is 9.97. The van der Waals surface area contributed by atoms with Crippen LogP contribution in [0, 0.1) is 12.8 Å². The van der Waals surface area contributed by atoms with Crippen LogP contribution >= 0.6 is 11.3 Å². The number of aryl methyl sites for hydroxylation is 3. The maximum Gasteiger partial charge on any atom is 0.265 e. The molecule has 0 spiro atoms. The van der Waals surface area contributed by atoms with Crippen molar-refractivity contribution in [2.75, 3.05) is 26.2 Å². The molecular weight excluding hydrogens is 528 g/mol. The van der Waals surface area contributed by atoms with E-state index in [1.165, 1.54) is 11.3 Å². The molecule has 4 aromatic rings. The Morgan fingerprint density at radius 1 is 1.00 bits per heavy atom. The lowest BCUT2D eigenvalue weighted by molar-refractivity contribution is 0.0733. The number of nitrogens with zero attached hydrogens (tertiary/aromatic N) is 3. The number of carbonyl (C=O) groups excluding carboxylic acids is 1. The van der Waals surface area contributed by atoms with Gasteiger partial charge in [-0.1, -0.05) is 76.2 Å². The molecule has 0 atom stereocenters. The number of nitrogens with one attached hydrogen (secondary N) is 1. The van der Waals surface area contributed by atoms with Gasteiger partial charge in [0.1, 0.15) is 5.01 Å². The molecular formula is C34H40N4O2S. The first-order valence-electron chi connectivity index (χ1n) is 14.8. The second-order valence-electron chi connectivity index (χ2n) is 11.1. The van der Waals surface area contributed by atoms with E-state index in [0.29, 0.717) is 35.6 Å². The van der Waals surface area contributed by atoms with Crippen LogP contribution in [0.15, 0.2) is 59.4 Å². The molecule has 0 bridgehead atoms. The molecule has 41 heavy (non-hydrogen) atoms. The molecule has 0 aliphatic carbocycles. The highest BCUT2D eigenvalue weighted by Crippen LogP contribution is 2.34. The third-order valence-electron chi connectivity index (χ3n) is 7.80. The highest BCUT2D eigenvalue weighted by Gasteiger charge is 2.28. The van der Waals surface area contributed by atoms with Gasteiger partial charge in [-0.3, -0.25) is 14.2 Å². The van der Waals surface area contributed by atoms with Crippen LogP contribution in [0.4, 0.5) is 0 Å². The summed E-state index contributed by atoms with van der Waals surface area (Å²) in [4.78, 5) is 36.9. The van der Waals surface area contributed by atoms with E-state index in [-0.39, 0.29) is 17.4 Å². The zero-order chi connectivity index (χ0) is 29.1. The Balaban J connectivity index is 1.83. The van der Waals surface area contributed by atoms with Crippen molar-refractivity contribution < 1.29 is 4.79 Å². The topological polar surface area (TPSA) is 67.2 Å². The van der Waals surface area contributed by atoms with Crippen molar-refractivity contribution in [1.29, 1.82) is 0 Å². The van der Waals surface area contributed by atoms with Crippen LogP contribution in [-0.4, -0.2) is 46.5 Å². The number of amides is 1. The third kappa shape index (κ3) is 5.79. The summed E-state index contributed by atoms with van der Waals surface area (Å²) >= 11 is 1.52. The van der Waals surface area contributed by atoms with Crippen molar-refractivity contribution in [3.05, 3.63) is 92.2 Å². The normalized spacial score (nSPS) is 13.7. The van der Waals surface area contributed by atoms with E-state index in [9.17, 15) is 9.59 Å². The van der Waals surface area contributed by atoms with Gasteiger partial charge in [0.25, 0.3) is 11.5 Å². The fraction of sp³-hybridized carbons (Fsp3) is 0.382. The summed E-state index contributed by atoms with van der Waals surface area (Å²) in [6, 6.07) is 18.2. The molecule has 214 valence electrons. The van der Waals surface area contributed by atoms with Crippen LogP contribution in [0.3, 0.4) is 0 Å². The van der Waals surface area contributed by atoms with Gasteiger partial charge in [0.2, 0.25) is 0 Å². The van der Waals surface area contributed by atoms with Crippen molar-refractivity contribution >= 4 is 17.2 Å². The van der Waals surface area contributed by atoms with E-state index in [1.54, 1.807) is 0 Å². The maximum absolute atomic E-state index is 14.7. The van der Waals surface area contributed by atoms with Crippen LogP contribution in [0.1, 0.15) is 59.8 Å². The Morgan fingerprint density at radius 2 is 1.66 bits per heavy atom. The number of rotatable bonds is 8. The number of para-hydroxylation sites is 1. The van der Waals surface area contributed by atoms with Gasteiger partial charge in [-0.2, -0.15) is 0 Å². The van der Waals surface area contributed by atoms with Gasteiger partial charge in [0, 0.05) is 42.3 Å². The molecule has 2 aromatic carbocycles. The van der Waals surface area contributed by atoms with E-state index in [4.69, 9.17) is 4.98 Å². The smallest absolute Gasteiger partial charge is 0.265 e. The van der Waals surface area contributed by atoms with Crippen molar-refractivity contribution in [3.8, 4) is 27.5 Å². The summed E-state index contributed by atoms with van der Waals surface area (Å²) in [6.45, 7) is 13.4. The van der Waals surface area contributed by atoms with E-state index in [0.717, 1.165) is 64.6 Å². The Morgan fingerprint density at radius 3 is 2.27 bits per heavy atom. The van der Waals surface area contributed by atoms with Gasteiger partial charge in [-0.25, -0.2) is 4.98 Å². The first-order chi connectivity index (χ1) is 19.8. The molecule has 0 radical (unpaired) electrons. The zero-order valence-electron chi connectivity index (χ0n) is 24.8. The van der Waals surface area contributed by atoms with Crippen LogP contribution in [0.2, 0.25) is 0 Å². The van der Waals surface area contributed by atoms with Gasteiger partial charge < -0.3 is 10.2 Å². The van der Waals surface area contributed by atoms with Gasteiger partial charge in [-0.05, 0) is 49.3 Å². The molecule has 5 rings (SSSR count). The van der Waals surface area contributed by atoms with Crippen LogP contribution in [0.25, 0.3) is 27.5 Å². The number of hydrogen-bond donors (Lipinski definition) is 1. The Bertz CT molecular complexity index is 1570. The maximum atomic E-state index is 14.7. The summed E-state index contributed by atoms with van der Waals surface area (Å²) in [7, 11) is 0. The number of thiazole rings is 1. The lowest BCUT2D eigenvalue weighted by Gasteiger charge is -2.30. The lowest BCUT2D eigenvalue weighted by Crippen LogP contribution is -2.47. The summed E-state index contributed by atoms with van der Waals surface area (Å²) in [5, 5.41) is 4.00. The second-order valence-corrected chi connectivity index (χ2v) is 12.3. The molecule has 1 aliphatic rings. The predicted molar refractivity (Wildman–Crippen MR) is 169 cm³/mol. The number of pyridine rings is 1. The summed E-state index contributed by atoms with van der Waals surface area (Å²) in [5.41, 5.74) is 6.81. The molecule has 1 amide bonds. The molecule has 0 unspecified atom stereocenters. The zero-order valence-corrected chi connectivity index (χ0v) is 25.6. The summed E-state index contributed by atoms with van der Waals surface area (Å²) < 4.78 is 1.88. The molecule has 6 nitrogen and oxygen atoms in total. The van der Waals surface area contributed by atoms with Gasteiger partial charge in [0.15, 0.2) is 0 Å². The van der Waals surface area contributed by atoms with E-state index < -0.39 is 0 Å². The van der Waals surface area contributed by atoms with Gasteiger partial charge >= 0.3 is 0 Å². The molecule has 0 saturated carbocycles. The van der Waals surface area contributed by atoms with Crippen LogP contribution in [0.5, 0.6) is 0 Å². The number of carbonyl (C=O) groups is 1. The SMILES string of the molecule is CCc1cccc(CC)c1-n1c(CC(C)C)c(C(=O)N2CCNCC2)cc(-c2nc(-c3ccccc3)c(C)s2)c1=O. The Hall–Kier alpha value is -3.55. The Labute approximate surface area is 247 Å². The minimum absolute atomic E-state index is 0.0132. The minimum atomic E-state index is -0.110. The van der Waals surface area contributed by atoms with Crippen molar-refractivity contribution in [2.45, 2.75) is 53.9 Å². The molecule has 1 fully saturated rings.